The van der Waals surface area contributed by atoms with E-state index in [1.807, 2.05) is 6.07 Å². The predicted octanol–water partition coefficient (Wildman–Crippen LogP) is 2.91. The number of sulfonamides is 1. The van der Waals surface area contributed by atoms with Crippen molar-refractivity contribution < 1.29 is 13.2 Å². The second-order valence-corrected chi connectivity index (χ2v) is 6.93. The van der Waals surface area contributed by atoms with Gasteiger partial charge in [-0.15, -0.1) is 0 Å². The standard InChI is InChI=1S/C17H21NO3S/c1-14-5-3-6-15(13-14)7-4-12-18-22(19,20)17-10-8-16(21-2)9-11-17/h3,5-6,8-11,13,18H,4,7,12H2,1-2H3. The summed E-state index contributed by atoms with van der Waals surface area (Å²) in [4.78, 5) is 0.254. The molecule has 0 aliphatic carbocycles. The molecule has 2 aromatic rings. The van der Waals surface area contributed by atoms with E-state index in [0.29, 0.717) is 12.3 Å². The van der Waals surface area contributed by atoms with Crippen molar-refractivity contribution in [1.82, 2.24) is 4.72 Å². The minimum Gasteiger partial charge on any atom is -0.497 e. The van der Waals surface area contributed by atoms with Crippen LogP contribution in [0.25, 0.3) is 0 Å². The average Bonchev–Trinajstić information content (AvgIpc) is 2.52. The number of methoxy groups -OCH3 is 1. The molecule has 0 aliphatic rings. The van der Waals surface area contributed by atoms with Crippen LogP contribution in [0.1, 0.15) is 17.5 Å². The Morgan fingerprint density at radius 3 is 2.45 bits per heavy atom. The molecule has 1 N–H and O–H groups in total. The van der Waals surface area contributed by atoms with Gasteiger partial charge < -0.3 is 4.74 Å². The highest BCUT2D eigenvalue weighted by Gasteiger charge is 2.12. The van der Waals surface area contributed by atoms with E-state index in [9.17, 15) is 8.42 Å². The third kappa shape index (κ3) is 4.58. The predicted molar refractivity (Wildman–Crippen MR) is 87.7 cm³/mol. The highest BCUT2D eigenvalue weighted by atomic mass is 32.2. The normalized spacial score (nSPS) is 11.4. The monoisotopic (exact) mass is 319 g/mol. The molecule has 0 bridgehead atoms. The molecule has 0 fully saturated rings. The van der Waals surface area contributed by atoms with Crippen molar-refractivity contribution in [2.75, 3.05) is 13.7 Å². The number of benzene rings is 2. The van der Waals surface area contributed by atoms with Crippen molar-refractivity contribution in [3.8, 4) is 5.75 Å². The van der Waals surface area contributed by atoms with Crippen LogP contribution in [0.3, 0.4) is 0 Å². The first-order valence-electron chi connectivity index (χ1n) is 7.20. The van der Waals surface area contributed by atoms with Crippen molar-refractivity contribution in [3.63, 3.8) is 0 Å². The number of aryl methyl sites for hydroxylation is 2. The zero-order chi connectivity index (χ0) is 16.0. The van der Waals surface area contributed by atoms with Crippen LogP contribution < -0.4 is 9.46 Å². The number of hydrogen-bond donors (Lipinski definition) is 1. The smallest absolute Gasteiger partial charge is 0.240 e. The van der Waals surface area contributed by atoms with Gasteiger partial charge in [-0.25, -0.2) is 13.1 Å². The lowest BCUT2D eigenvalue weighted by atomic mass is 10.1. The van der Waals surface area contributed by atoms with Gasteiger partial charge in [0.1, 0.15) is 5.75 Å². The number of ether oxygens (including phenoxy) is 1. The van der Waals surface area contributed by atoms with Gasteiger partial charge >= 0.3 is 0 Å². The summed E-state index contributed by atoms with van der Waals surface area (Å²) in [6, 6.07) is 14.6. The summed E-state index contributed by atoms with van der Waals surface area (Å²) in [7, 11) is -1.90. The molecule has 0 unspecified atom stereocenters. The van der Waals surface area contributed by atoms with Crippen molar-refractivity contribution in [2.45, 2.75) is 24.7 Å². The van der Waals surface area contributed by atoms with Gasteiger partial charge in [0.15, 0.2) is 0 Å². The van der Waals surface area contributed by atoms with Gasteiger partial charge in [-0.2, -0.15) is 0 Å². The first-order chi connectivity index (χ1) is 10.5. The third-order valence-corrected chi connectivity index (χ3v) is 4.86. The summed E-state index contributed by atoms with van der Waals surface area (Å²) in [6.45, 7) is 2.47. The van der Waals surface area contributed by atoms with E-state index in [4.69, 9.17) is 4.74 Å². The van der Waals surface area contributed by atoms with E-state index >= 15 is 0 Å². The quantitative estimate of drug-likeness (QED) is 0.798. The highest BCUT2D eigenvalue weighted by Crippen LogP contribution is 2.15. The van der Waals surface area contributed by atoms with E-state index in [1.54, 1.807) is 31.4 Å². The first-order valence-corrected chi connectivity index (χ1v) is 8.69. The number of nitrogens with one attached hydrogen (secondary N) is 1. The van der Waals surface area contributed by atoms with Crippen LogP contribution in [-0.4, -0.2) is 22.1 Å². The van der Waals surface area contributed by atoms with Crippen LogP contribution in [0.2, 0.25) is 0 Å². The summed E-state index contributed by atoms with van der Waals surface area (Å²) in [5.74, 6) is 0.637. The summed E-state index contributed by atoms with van der Waals surface area (Å²) in [5.41, 5.74) is 2.44. The SMILES string of the molecule is COc1ccc(S(=O)(=O)NCCCc2cccc(C)c2)cc1. The molecule has 4 nitrogen and oxygen atoms in total. The lowest BCUT2D eigenvalue weighted by Crippen LogP contribution is -2.25. The van der Waals surface area contributed by atoms with Gasteiger partial charge in [-0.05, 0) is 49.6 Å². The van der Waals surface area contributed by atoms with Gasteiger partial charge in [0.2, 0.25) is 10.0 Å². The molecule has 0 amide bonds. The Kier molecular flexibility index (Phi) is 5.57. The zero-order valence-electron chi connectivity index (χ0n) is 12.9. The van der Waals surface area contributed by atoms with Crippen LogP contribution in [-0.2, 0) is 16.4 Å². The molecule has 0 radical (unpaired) electrons. The first kappa shape index (κ1) is 16.5. The number of hydrogen-bond acceptors (Lipinski definition) is 3. The topological polar surface area (TPSA) is 55.4 Å². The molecule has 118 valence electrons. The minimum absolute atomic E-state index is 0.254. The van der Waals surface area contributed by atoms with Gasteiger partial charge in [-0.3, -0.25) is 0 Å². The molecule has 2 rings (SSSR count). The van der Waals surface area contributed by atoms with Gasteiger partial charge in [0.05, 0.1) is 12.0 Å². The van der Waals surface area contributed by atoms with E-state index < -0.39 is 10.0 Å². The molecular formula is C17H21NO3S. The number of rotatable bonds is 7. The molecule has 0 atom stereocenters. The van der Waals surface area contributed by atoms with Crippen LogP contribution in [0, 0.1) is 6.92 Å². The van der Waals surface area contributed by atoms with Crippen LogP contribution >= 0.6 is 0 Å². The fraction of sp³-hybridized carbons (Fsp3) is 0.294. The van der Waals surface area contributed by atoms with Gasteiger partial charge in [0.25, 0.3) is 0 Å². The Bertz CT molecular complexity index is 709. The Labute approximate surface area is 132 Å². The fourth-order valence-corrected chi connectivity index (χ4v) is 3.28. The maximum atomic E-state index is 12.1. The maximum Gasteiger partial charge on any atom is 0.240 e. The Hall–Kier alpha value is -1.85. The fourth-order valence-electron chi connectivity index (χ4n) is 2.20. The summed E-state index contributed by atoms with van der Waals surface area (Å²) >= 11 is 0. The second kappa shape index (κ2) is 7.42. The van der Waals surface area contributed by atoms with Crippen molar-refractivity contribution in [1.29, 1.82) is 0 Å². The van der Waals surface area contributed by atoms with Crippen LogP contribution in [0.4, 0.5) is 0 Å². The summed E-state index contributed by atoms with van der Waals surface area (Å²) < 4.78 is 31.9. The lowest BCUT2D eigenvalue weighted by Gasteiger charge is -2.08. The van der Waals surface area contributed by atoms with E-state index in [-0.39, 0.29) is 4.90 Å². The zero-order valence-corrected chi connectivity index (χ0v) is 13.7. The van der Waals surface area contributed by atoms with Crippen LogP contribution in [0.15, 0.2) is 53.4 Å². The van der Waals surface area contributed by atoms with Crippen LogP contribution in [0.5, 0.6) is 5.75 Å². The van der Waals surface area contributed by atoms with E-state index in [0.717, 1.165) is 12.8 Å². The summed E-state index contributed by atoms with van der Waals surface area (Å²) in [6.07, 6.45) is 1.62. The minimum atomic E-state index is -3.45. The summed E-state index contributed by atoms with van der Waals surface area (Å²) in [5, 5.41) is 0. The average molecular weight is 319 g/mol. The molecule has 22 heavy (non-hydrogen) atoms. The second-order valence-electron chi connectivity index (χ2n) is 5.17. The maximum absolute atomic E-state index is 12.1. The Morgan fingerprint density at radius 1 is 1.09 bits per heavy atom. The molecule has 0 spiro atoms. The molecule has 0 aliphatic heterocycles. The highest BCUT2D eigenvalue weighted by molar-refractivity contribution is 7.89. The van der Waals surface area contributed by atoms with Gasteiger partial charge in [0, 0.05) is 6.54 Å². The third-order valence-electron chi connectivity index (χ3n) is 3.39. The van der Waals surface area contributed by atoms with Crippen molar-refractivity contribution >= 4 is 10.0 Å². The van der Waals surface area contributed by atoms with E-state index in [1.165, 1.54) is 11.1 Å². The van der Waals surface area contributed by atoms with Gasteiger partial charge in [-0.1, -0.05) is 29.8 Å². The molecule has 0 aromatic heterocycles. The molecule has 0 saturated heterocycles. The van der Waals surface area contributed by atoms with E-state index in [2.05, 4.69) is 29.8 Å². The van der Waals surface area contributed by atoms with Crippen molar-refractivity contribution in [3.05, 3.63) is 59.7 Å². The Balaban J connectivity index is 1.87. The molecule has 0 saturated carbocycles. The molecule has 2 aromatic carbocycles. The van der Waals surface area contributed by atoms with Crippen molar-refractivity contribution in [2.24, 2.45) is 0 Å². The Morgan fingerprint density at radius 2 is 1.82 bits per heavy atom. The largest absolute Gasteiger partial charge is 0.497 e. The molecule has 5 heteroatoms. The lowest BCUT2D eigenvalue weighted by molar-refractivity contribution is 0.414. The molecule has 0 heterocycles. The molecular weight excluding hydrogens is 298 g/mol.